The standard InChI is InChI=1S/C10H9FN2O3S/c11-8-3-1-2-4-9(8)17(15,16)7-10(14)13-6-5-12/h1-4H,6-7H2,(H,13,14). The summed E-state index contributed by atoms with van der Waals surface area (Å²) in [7, 11) is -4.02. The number of rotatable bonds is 4. The van der Waals surface area contributed by atoms with Gasteiger partial charge in [-0.2, -0.15) is 5.26 Å². The summed E-state index contributed by atoms with van der Waals surface area (Å²) in [4.78, 5) is 10.6. The largest absolute Gasteiger partial charge is 0.342 e. The molecule has 0 aliphatic heterocycles. The molecule has 0 aliphatic rings. The van der Waals surface area contributed by atoms with Gasteiger partial charge in [0.05, 0.1) is 6.07 Å². The Balaban J connectivity index is 2.87. The molecule has 1 N–H and O–H groups in total. The van der Waals surface area contributed by atoms with Gasteiger partial charge in [-0.05, 0) is 12.1 Å². The van der Waals surface area contributed by atoms with E-state index in [2.05, 4.69) is 5.32 Å². The van der Waals surface area contributed by atoms with Crippen molar-refractivity contribution < 1.29 is 17.6 Å². The summed E-state index contributed by atoms with van der Waals surface area (Å²) in [6.07, 6.45) is 0. The monoisotopic (exact) mass is 256 g/mol. The average Bonchev–Trinajstić information content (AvgIpc) is 2.26. The minimum atomic E-state index is -4.02. The number of nitriles is 1. The van der Waals surface area contributed by atoms with Crippen molar-refractivity contribution in [3.05, 3.63) is 30.1 Å². The topological polar surface area (TPSA) is 87.0 Å². The highest BCUT2D eigenvalue weighted by Crippen LogP contribution is 2.14. The first-order chi connectivity index (χ1) is 7.97. The van der Waals surface area contributed by atoms with E-state index in [1.165, 1.54) is 12.1 Å². The fraction of sp³-hybridized carbons (Fsp3) is 0.200. The lowest BCUT2D eigenvalue weighted by atomic mass is 10.3. The third-order valence-corrected chi connectivity index (χ3v) is 3.50. The molecule has 0 heterocycles. The maximum absolute atomic E-state index is 13.2. The normalized spacial score (nSPS) is 10.6. The van der Waals surface area contributed by atoms with Gasteiger partial charge in [0, 0.05) is 0 Å². The fourth-order valence-corrected chi connectivity index (χ4v) is 2.39. The van der Waals surface area contributed by atoms with Crippen molar-refractivity contribution in [2.75, 3.05) is 12.3 Å². The first kappa shape index (κ1) is 13.1. The molecule has 1 amide bonds. The first-order valence-corrected chi connectivity index (χ1v) is 6.23. The molecule has 1 aromatic rings. The van der Waals surface area contributed by atoms with Crippen LogP contribution in [0.15, 0.2) is 29.2 Å². The van der Waals surface area contributed by atoms with Crippen LogP contribution in [-0.2, 0) is 14.6 Å². The van der Waals surface area contributed by atoms with Crippen molar-refractivity contribution in [2.45, 2.75) is 4.90 Å². The molecule has 0 fully saturated rings. The van der Waals surface area contributed by atoms with E-state index < -0.39 is 32.2 Å². The van der Waals surface area contributed by atoms with E-state index in [0.29, 0.717) is 0 Å². The third kappa shape index (κ3) is 3.53. The molecule has 17 heavy (non-hydrogen) atoms. The number of amides is 1. The van der Waals surface area contributed by atoms with Crippen LogP contribution in [0.2, 0.25) is 0 Å². The molecule has 7 heteroatoms. The number of nitrogens with zero attached hydrogens (tertiary/aromatic N) is 1. The number of hydrogen-bond donors (Lipinski definition) is 1. The lowest BCUT2D eigenvalue weighted by molar-refractivity contribution is -0.118. The molecular formula is C10H9FN2O3S. The lowest BCUT2D eigenvalue weighted by Crippen LogP contribution is -2.30. The van der Waals surface area contributed by atoms with Crippen LogP contribution in [0.3, 0.4) is 0 Å². The fourth-order valence-electron chi connectivity index (χ4n) is 1.14. The van der Waals surface area contributed by atoms with E-state index in [9.17, 15) is 17.6 Å². The Kier molecular flexibility index (Phi) is 4.17. The van der Waals surface area contributed by atoms with Gasteiger partial charge in [0.1, 0.15) is 23.0 Å². The van der Waals surface area contributed by atoms with Crippen LogP contribution in [-0.4, -0.2) is 26.6 Å². The minimum Gasteiger partial charge on any atom is -0.342 e. The second kappa shape index (κ2) is 5.41. The van der Waals surface area contributed by atoms with Crippen molar-refractivity contribution in [3.8, 4) is 6.07 Å². The van der Waals surface area contributed by atoms with Crippen molar-refractivity contribution in [1.29, 1.82) is 5.26 Å². The first-order valence-electron chi connectivity index (χ1n) is 4.58. The van der Waals surface area contributed by atoms with Gasteiger partial charge in [0.15, 0.2) is 9.84 Å². The van der Waals surface area contributed by atoms with E-state index in [4.69, 9.17) is 5.26 Å². The summed E-state index contributed by atoms with van der Waals surface area (Å²) in [5.74, 6) is -2.62. The van der Waals surface area contributed by atoms with Gasteiger partial charge in [0.2, 0.25) is 5.91 Å². The molecule has 0 spiro atoms. The van der Waals surface area contributed by atoms with E-state index >= 15 is 0 Å². The van der Waals surface area contributed by atoms with Gasteiger partial charge in [-0.1, -0.05) is 12.1 Å². The second-order valence-corrected chi connectivity index (χ2v) is 5.08. The summed E-state index contributed by atoms with van der Waals surface area (Å²) < 4.78 is 36.5. The van der Waals surface area contributed by atoms with Gasteiger partial charge in [-0.25, -0.2) is 12.8 Å². The second-order valence-electron chi connectivity index (χ2n) is 3.12. The van der Waals surface area contributed by atoms with Crippen LogP contribution in [0.1, 0.15) is 0 Å². The van der Waals surface area contributed by atoms with Crippen molar-refractivity contribution in [2.24, 2.45) is 0 Å². The summed E-state index contributed by atoms with van der Waals surface area (Å²) in [5.41, 5.74) is 0. The van der Waals surface area contributed by atoms with Crippen molar-refractivity contribution >= 4 is 15.7 Å². The van der Waals surface area contributed by atoms with Gasteiger partial charge in [0.25, 0.3) is 0 Å². The highest BCUT2D eigenvalue weighted by atomic mass is 32.2. The Morgan fingerprint density at radius 1 is 1.41 bits per heavy atom. The minimum absolute atomic E-state index is 0.286. The Bertz CT molecular complexity index is 563. The molecule has 0 atom stereocenters. The van der Waals surface area contributed by atoms with E-state index in [1.54, 1.807) is 6.07 Å². The van der Waals surface area contributed by atoms with Crippen LogP contribution in [0.25, 0.3) is 0 Å². The summed E-state index contributed by atoms with van der Waals surface area (Å²) in [5, 5.41) is 10.3. The number of carbonyl (C=O) groups is 1. The molecule has 0 radical (unpaired) electrons. The van der Waals surface area contributed by atoms with Crippen LogP contribution in [0.5, 0.6) is 0 Å². The number of hydrogen-bond acceptors (Lipinski definition) is 4. The maximum atomic E-state index is 13.2. The van der Waals surface area contributed by atoms with Gasteiger partial charge in [-0.3, -0.25) is 4.79 Å². The molecule has 90 valence electrons. The Morgan fingerprint density at radius 2 is 2.06 bits per heavy atom. The maximum Gasteiger partial charge on any atom is 0.236 e. The molecule has 0 aromatic heterocycles. The number of carbonyl (C=O) groups excluding carboxylic acids is 1. The zero-order chi connectivity index (χ0) is 12.9. The lowest BCUT2D eigenvalue weighted by Gasteiger charge is -2.04. The number of benzene rings is 1. The Hall–Kier alpha value is -1.94. The predicted molar refractivity (Wildman–Crippen MR) is 57.1 cm³/mol. The van der Waals surface area contributed by atoms with Crippen molar-refractivity contribution in [1.82, 2.24) is 5.32 Å². The highest BCUT2D eigenvalue weighted by Gasteiger charge is 2.22. The van der Waals surface area contributed by atoms with Crippen LogP contribution in [0.4, 0.5) is 4.39 Å². The predicted octanol–water partition coefficient (Wildman–Crippen LogP) is 0.239. The van der Waals surface area contributed by atoms with Gasteiger partial charge in [-0.15, -0.1) is 0 Å². The summed E-state index contributed by atoms with van der Waals surface area (Å²) >= 11 is 0. The third-order valence-electron chi connectivity index (χ3n) is 1.86. The zero-order valence-corrected chi connectivity index (χ0v) is 9.50. The molecule has 1 rings (SSSR count). The SMILES string of the molecule is N#CCNC(=O)CS(=O)(=O)c1ccccc1F. The quantitative estimate of drug-likeness (QED) is 0.782. The van der Waals surface area contributed by atoms with Gasteiger partial charge < -0.3 is 5.32 Å². The smallest absolute Gasteiger partial charge is 0.236 e. The Morgan fingerprint density at radius 3 is 2.65 bits per heavy atom. The van der Waals surface area contributed by atoms with E-state index in [-0.39, 0.29) is 6.54 Å². The zero-order valence-electron chi connectivity index (χ0n) is 8.68. The number of halogens is 1. The molecule has 0 saturated carbocycles. The summed E-state index contributed by atoms with van der Waals surface area (Å²) in [6.45, 7) is -0.286. The van der Waals surface area contributed by atoms with E-state index in [1.807, 2.05) is 0 Å². The van der Waals surface area contributed by atoms with Gasteiger partial charge >= 0.3 is 0 Å². The molecule has 5 nitrogen and oxygen atoms in total. The summed E-state index contributed by atoms with van der Waals surface area (Å²) in [6, 6.07) is 6.44. The molecular weight excluding hydrogens is 247 g/mol. The van der Waals surface area contributed by atoms with Crippen LogP contribution in [0, 0.1) is 17.1 Å². The highest BCUT2D eigenvalue weighted by molar-refractivity contribution is 7.92. The molecule has 0 bridgehead atoms. The molecule has 0 saturated heterocycles. The molecule has 1 aromatic carbocycles. The number of sulfone groups is 1. The number of nitrogens with one attached hydrogen (secondary N) is 1. The molecule has 0 unspecified atom stereocenters. The van der Waals surface area contributed by atoms with Crippen LogP contribution >= 0.6 is 0 Å². The Labute approximate surface area is 97.8 Å². The van der Waals surface area contributed by atoms with E-state index in [0.717, 1.165) is 12.1 Å². The van der Waals surface area contributed by atoms with Crippen LogP contribution < -0.4 is 5.32 Å². The van der Waals surface area contributed by atoms with Crippen molar-refractivity contribution in [3.63, 3.8) is 0 Å². The average molecular weight is 256 g/mol. The molecule has 0 aliphatic carbocycles.